The maximum absolute atomic E-state index is 12.9. The number of rotatable bonds is 4. The van der Waals surface area contributed by atoms with E-state index in [0.29, 0.717) is 17.8 Å². The molecule has 3 aromatic rings. The molecule has 0 spiro atoms. The van der Waals surface area contributed by atoms with Gasteiger partial charge in [0.25, 0.3) is 5.56 Å². The summed E-state index contributed by atoms with van der Waals surface area (Å²) in [6.45, 7) is 4.52. The molecule has 4 rings (SSSR count). The fourth-order valence-corrected chi connectivity index (χ4v) is 4.31. The Bertz CT molecular complexity index is 981. The Hall–Kier alpha value is -2.69. The highest BCUT2D eigenvalue weighted by molar-refractivity contribution is 5.75. The van der Waals surface area contributed by atoms with Gasteiger partial charge < -0.3 is 5.32 Å². The van der Waals surface area contributed by atoms with Gasteiger partial charge in [0.05, 0.1) is 0 Å². The highest BCUT2D eigenvalue weighted by Gasteiger charge is 2.30. The normalized spacial score (nSPS) is 20.1. The number of para-hydroxylation sites is 1. The Morgan fingerprint density at radius 1 is 1.07 bits per heavy atom. The average Bonchev–Trinajstić information content (AvgIpc) is 2.68. The molecule has 1 saturated carbocycles. The van der Waals surface area contributed by atoms with Gasteiger partial charge in [0.1, 0.15) is 5.65 Å². The van der Waals surface area contributed by atoms with Crippen LogP contribution in [0, 0.1) is 11.8 Å². The first kappa shape index (κ1) is 17.7. The van der Waals surface area contributed by atoms with E-state index in [2.05, 4.69) is 24.1 Å². The summed E-state index contributed by atoms with van der Waals surface area (Å²) in [5, 5.41) is 4.15. The second kappa shape index (κ2) is 7.51. The number of hydrogen-bond acceptors (Lipinski definition) is 4. The lowest BCUT2D eigenvalue weighted by Gasteiger charge is -2.36. The third kappa shape index (κ3) is 3.59. The molecular weight excluding hydrogens is 336 g/mol. The van der Waals surface area contributed by atoms with Crippen LogP contribution in [0.15, 0.2) is 53.5 Å². The van der Waals surface area contributed by atoms with Crippen molar-refractivity contribution >= 4 is 22.7 Å². The average molecular weight is 362 g/mol. The number of anilines is 2. The van der Waals surface area contributed by atoms with Crippen LogP contribution in [0.5, 0.6) is 0 Å². The van der Waals surface area contributed by atoms with Crippen LogP contribution in [0.25, 0.3) is 11.0 Å². The van der Waals surface area contributed by atoms with Crippen molar-refractivity contribution in [3.05, 3.63) is 59.0 Å². The minimum absolute atomic E-state index is 0.0319. The highest BCUT2D eigenvalue weighted by atomic mass is 16.1. The first-order valence-corrected chi connectivity index (χ1v) is 9.84. The van der Waals surface area contributed by atoms with Crippen molar-refractivity contribution in [3.63, 3.8) is 0 Å². The zero-order chi connectivity index (χ0) is 18.8. The van der Waals surface area contributed by atoms with Gasteiger partial charge in [0.15, 0.2) is 0 Å². The number of nitrogens with one attached hydrogen (secondary N) is 1. The van der Waals surface area contributed by atoms with Crippen LogP contribution in [0.2, 0.25) is 0 Å². The molecule has 5 nitrogen and oxygen atoms in total. The zero-order valence-corrected chi connectivity index (χ0v) is 15.9. The van der Waals surface area contributed by atoms with Crippen LogP contribution in [0.4, 0.5) is 11.6 Å². The van der Waals surface area contributed by atoms with E-state index < -0.39 is 0 Å². The van der Waals surface area contributed by atoms with Crippen molar-refractivity contribution in [2.24, 2.45) is 11.8 Å². The van der Waals surface area contributed by atoms with Gasteiger partial charge in [-0.3, -0.25) is 9.36 Å². The zero-order valence-electron chi connectivity index (χ0n) is 15.9. The predicted octanol–water partition coefficient (Wildman–Crippen LogP) is 4.92. The van der Waals surface area contributed by atoms with E-state index in [4.69, 9.17) is 4.98 Å². The molecule has 140 valence electrons. The summed E-state index contributed by atoms with van der Waals surface area (Å²) in [6, 6.07) is 13.5. The lowest BCUT2D eigenvalue weighted by Crippen LogP contribution is -2.34. The van der Waals surface area contributed by atoms with Crippen LogP contribution in [0.1, 0.15) is 45.6 Å². The van der Waals surface area contributed by atoms with Gasteiger partial charge >= 0.3 is 0 Å². The van der Waals surface area contributed by atoms with E-state index in [1.807, 2.05) is 41.0 Å². The van der Waals surface area contributed by atoms with Gasteiger partial charge in [-0.05, 0) is 42.9 Å². The summed E-state index contributed by atoms with van der Waals surface area (Å²) in [6.07, 6.45) is 6.42. The molecule has 1 aliphatic rings. The van der Waals surface area contributed by atoms with Crippen molar-refractivity contribution in [2.45, 2.75) is 45.6 Å². The fourth-order valence-electron chi connectivity index (χ4n) is 4.31. The number of fused-ring (bicyclic) bond motifs is 1. The van der Waals surface area contributed by atoms with E-state index in [-0.39, 0.29) is 11.6 Å². The Morgan fingerprint density at radius 2 is 1.85 bits per heavy atom. The van der Waals surface area contributed by atoms with Crippen molar-refractivity contribution in [1.82, 2.24) is 14.5 Å². The Kier molecular flexibility index (Phi) is 4.92. The standard InChI is InChI=1S/C22H26N4O/c1-15(2)18-10-6-7-11-19(18)26-20(27)13-12-16-14-23-22(25-21(16)26)24-17-8-4-3-5-9-17/h3-5,8-9,12-15,18-19H,6-7,10-11H2,1-2H3,(H,23,24,25). The molecule has 0 saturated heterocycles. The van der Waals surface area contributed by atoms with Crippen LogP contribution >= 0.6 is 0 Å². The highest BCUT2D eigenvalue weighted by Crippen LogP contribution is 2.38. The van der Waals surface area contributed by atoms with E-state index in [1.54, 1.807) is 12.3 Å². The largest absolute Gasteiger partial charge is 0.324 e. The summed E-state index contributed by atoms with van der Waals surface area (Å²) >= 11 is 0. The smallest absolute Gasteiger partial charge is 0.252 e. The minimum atomic E-state index is 0.0319. The van der Waals surface area contributed by atoms with Crippen LogP contribution in [0.3, 0.4) is 0 Å². The Labute approximate surface area is 159 Å². The molecule has 1 N–H and O–H groups in total. The van der Waals surface area contributed by atoms with Gasteiger partial charge in [0, 0.05) is 29.4 Å². The van der Waals surface area contributed by atoms with Crippen molar-refractivity contribution in [2.75, 3.05) is 5.32 Å². The number of aromatic nitrogens is 3. The third-order valence-electron chi connectivity index (χ3n) is 5.67. The first-order chi connectivity index (χ1) is 13.1. The molecule has 1 aliphatic carbocycles. The first-order valence-electron chi connectivity index (χ1n) is 9.84. The van der Waals surface area contributed by atoms with Crippen molar-refractivity contribution < 1.29 is 0 Å². The fraction of sp³-hybridized carbons (Fsp3) is 0.409. The van der Waals surface area contributed by atoms with Gasteiger partial charge in [-0.1, -0.05) is 44.9 Å². The van der Waals surface area contributed by atoms with Crippen molar-refractivity contribution in [1.29, 1.82) is 0 Å². The summed E-state index contributed by atoms with van der Waals surface area (Å²) in [7, 11) is 0. The molecule has 2 unspecified atom stereocenters. The maximum atomic E-state index is 12.9. The van der Waals surface area contributed by atoms with Gasteiger partial charge in [-0.25, -0.2) is 4.98 Å². The number of benzene rings is 1. The van der Waals surface area contributed by atoms with E-state index in [0.717, 1.165) is 29.6 Å². The Morgan fingerprint density at radius 3 is 2.63 bits per heavy atom. The summed E-state index contributed by atoms with van der Waals surface area (Å²) in [5.41, 5.74) is 1.69. The third-order valence-corrected chi connectivity index (χ3v) is 5.67. The molecule has 0 amide bonds. The molecule has 2 atom stereocenters. The molecule has 1 fully saturated rings. The van der Waals surface area contributed by atoms with E-state index in [1.165, 1.54) is 12.8 Å². The van der Waals surface area contributed by atoms with E-state index >= 15 is 0 Å². The van der Waals surface area contributed by atoms with Crippen LogP contribution < -0.4 is 10.9 Å². The predicted molar refractivity (Wildman–Crippen MR) is 109 cm³/mol. The topological polar surface area (TPSA) is 59.8 Å². The summed E-state index contributed by atoms with van der Waals surface area (Å²) in [5.74, 6) is 1.56. The SMILES string of the molecule is CC(C)C1CCCCC1n1c(=O)ccc2cnc(Nc3ccccc3)nc21. The summed E-state index contributed by atoms with van der Waals surface area (Å²) < 4.78 is 1.93. The van der Waals surface area contributed by atoms with Crippen LogP contribution in [-0.4, -0.2) is 14.5 Å². The lowest BCUT2D eigenvalue weighted by atomic mass is 9.77. The quantitative estimate of drug-likeness (QED) is 0.715. The van der Waals surface area contributed by atoms with E-state index in [9.17, 15) is 4.79 Å². The minimum Gasteiger partial charge on any atom is -0.324 e. The number of nitrogens with zero attached hydrogens (tertiary/aromatic N) is 3. The number of hydrogen-bond donors (Lipinski definition) is 1. The molecule has 2 heterocycles. The molecular formula is C22H26N4O. The lowest BCUT2D eigenvalue weighted by molar-refractivity contribution is 0.184. The molecule has 5 heteroatoms. The molecule has 1 aromatic carbocycles. The molecule has 27 heavy (non-hydrogen) atoms. The van der Waals surface area contributed by atoms with Crippen LogP contribution in [-0.2, 0) is 0 Å². The summed E-state index contributed by atoms with van der Waals surface area (Å²) in [4.78, 5) is 22.0. The van der Waals surface area contributed by atoms with Gasteiger partial charge in [0.2, 0.25) is 5.95 Å². The maximum Gasteiger partial charge on any atom is 0.252 e. The molecule has 0 bridgehead atoms. The molecule has 0 radical (unpaired) electrons. The van der Waals surface area contributed by atoms with Gasteiger partial charge in [-0.2, -0.15) is 4.98 Å². The van der Waals surface area contributed by atoms with Gasteiger partial charge in [-0.15, -0.1) is 0 Å². The van der Waals surface area contributed by atoms with Crippen molar-refractivity contribution in [3.8, 4) is 0 Å². The molecule has 0 aliphatic heterocycles. The second-order valence-electron chi connectivity index (χ2n) is 7.76. The monoisotopic (exact) mass is 362 g/mol. The number of pyridine rings is 1. The second-order valence-corrected chi connectivity index (χ2v) is 7.76. The molecule has 2 aromatic heterocycles. The Balaban J connectivity index is 1.80.